The van der Waals surface area contributed by atoms with Gasteiger partial charge in [-0.05, 0) is 19.4 Å². The van der Waals surface area contributed by atoms with E-state index in [1.807, 2.05) is 6.92 Å². The SMILES string of the molecule is CNC(=O)c1csc2c(C(F)(F)F)cc(N3CCC(OC(=O)N4CC[C@H]4C)CC3)nc12. The van der Waals surface area contributed by atoms with Crippen LogP contribution in [0, 0.1) is 0 Å². The van der Waals surface area contributed by atoms with Gasteiger partial charge in [0.15, 0.2) is 0 Å². The molecule has 2 fully saturated rings. The highest BCUT2D eigenvalue weighted by Crippen LogP contribution is 2.40. The highest BCUT2D eigenvalue weighted by molar-refractivity contribution is 7.17. The summed E-state index contributed by atoms with van der Waals surface area (Å²) in [5.74, 6) is -0.306. The number of pyridine rings is 1. The van der Waals surface area contributed by atoms with Crippen LogP contribution in [0.5, 0.6) is 0 Å². The van der Waals surface area contributed by atoms with Gasteiger partial charge in [0.1, 0.15) is 11.9 Å². The number of likely N-dealkylation sites (tertiary alicyclic amines) is 1. The Morgan fingerprint density at radius 2 is 1.94 bits per heavy atom. The Kier molecular flexibility index (Phi) is 5.71. The molecular formula is C20H23F3N4O3S. The molecule has 1 atom stereocenters. The second kappa shape index (κ2) is 8.18. The van der Waals surface area contributed by atoms with Gasteiger partial charge in [0, 0.05) is 50.9 Å². The Balaban J connectivity index is 1.54. The average Bonchev–Trinajstić information content (AvgIpc) is 3.15. The van der Waals surface area contributed by atoms with E-state index < -0.39 is 17.6 Å². The Morgan fingerprint density at radius 1 is 1.23 bits per heavy atom. The smallest absolute Gasteiger partial charge is 0.417 e. The number of amides is 2. The predicted molar refractivity (Wildman–Crippen MR) is 111 cm³/mol. The van der Waals surface area contributed by atoms with Crippen molar-refractivity contribution in [3.05, 3.63) is 22.6 Å². The maximum Gasteiger partial charge on any atom is 0.417 e. The molecule has 11 heteroatoms. The van der Waals surface area contributed by atoms with Crippen LogP contribution in [0.2, 0.25) is 0 Å². The summed E-state index contributed by atoms with van der Waals surface area (Å²) in [4.78, 5) is 32.1. The summed E-state index contributed by atoms with van der Waals surface area (Å²) in [7, 11) is 1.42. The number of aromatic nitrogens is 1. The Hall–Kier alpha value is -2.56. The van der Waals surface area contributed by atoms with Crippen molar-refractivity contribution in [1.29, 1.82) is 0 Å². The Labute approximate surface area is 181 Å². The lowest BCUT2D eigenvalue weighted by atomic mass is 10.1. The van der Waals surface area contributed by atoms with Crippen molar-refractivity contribution in [1.82, 2.24) is 15.2 Å². The minimum absolute atomic E-state index is 0.0505. The van der Waals surface area contributed by atoms with E-state index in [9.17, 15) is 22.8 Å². The minimum atomic E-state index is -4.57. The van der Waals surface area contributed by atoms with Crippen LogP contribution in [0.3, 0.4) is 0 Å². The number of nitrogens with one attached hydrogen (secondary N) is 1. The summed E-state index contributed by atoms with van der Waals surface area (Å²) < 4.78 is 46.6. The zero-order chi connectivity index (χ0) is 22.3. The lowest BCUT2D eigenvalue weighted by molar-refractivity contribution is -0.136. The molecule has 0 radical (unpaired) electrons. The number of hydrogen-bond donors (Lipinski definition) is 1. The monoisotopic (exact) mass is 456 g/mol. The number of carbonyl (C=O) groups excluding carboxylic acids is 2. The molecule has 7 nitrogen and oxygen atoms in total. The Morgan fingerprint density at radius 3 is 2.48 bits per heavy atom. The van der Waals surface area contributed by atoms with E-state index in [0.29, 0.717) is 32.5 Å². The van der Waals surface area contributed by atoms with E-state index in [0.717, 1.165) is 23.8 Å². The number of nitrogens with zero attached hydrogens (tertiary/aromatic N) is 3. The Bertz CT molecular complexity index is 1000. The van der Waals surface area contributed by atoms with E-state index in [1.54, 1.807) is 9.80 Å². The van der Waals surface area contributed by atoms with E-state index in [2.05, 4.69) is 10.3 Å². The standard InChI is InChI=1S/C20H23F3N4O3S/c1-11-3-8-27(11)19(29)30-12-4-6-26(7-5-12)15-9-14(20(21,22)23)17-16(25-15)13(10-31-17)18(28)24-2/h9-12H,3-8H2,1-2H3,(H,24,28)/t11-/m1/s1. The molecule has 4 heterocycles. The fourth-order valence-electron chi connectivity index (χ4n) is 3.86. The molecule has 0 bridgehead atoms. The summed E-state index contributed by atoms with van der Waals surface area (Å²) in [5.41, 5.74) is -0.621. The number of fused-ring (bicyclic) bond motifs is 1. The predicted octanol–water partition coefficient (Wildman–Crippen LogP) is 3.87. The molecule has 0 unspecified atom stereocenters. The molecule has 0 aromatic carbocycles. The molecule has 2 aromatic heterocycles. The quantitative estimate of drug-likeness (QED) is 0.759. The molecule has 2 aliphatic rings. The number of hydrogen-bond acceptors (Lipinski definition) is 6. The average molecular weight is 456 g/mol. The van der Waals surface area contributed by atoms with Crippen LogP contribution in [0.15, 0.2) is 11.4 Å². The number of thiophene rings is 1. The van der Waals surface area contributed by atoms with Crippen molar-refractivity contribution >= 4 is 39.4 Å². The van der Waals surface area contributed by atoms with Gasteiger partial charge in [-0.1, -0.05) is 0 Å². The molecule has 1 N–H and O–H groups in total. The van der Waals surface area contributed by atoms with Crippen LogP contribution in [-0.2, 0) is 10.9 Å². The zero-order valence-electron chi connectivity index (χ0n) is 17.2. The minimum Gasteiger partial charge on any atom is -0.446 e. The molecule has 31 heavy (non-hydrogen) atoms. The number of alkyl halides is 3. The van der Waals surface area contributed by atoms with Crippen LogP contribution in [-0.4, -0.2) is 60.7 Å². The fraction of sp³-hybridized carbons (Fsp3) is 0.550. The molecular weight excluding hydrogens is 433 g/mol. The van der Waals surface area contributed by atoms with Crippen LogP contribution in [0.4, 0.5) is 23.8 Å². The van der Waals surface area contributed by atoms with E-state index in [1.165, 1.54) is 12.4 Å². The molecule has 2 saturated heterocycles. The number of ether oxygens (including phenoxy) is 1. The summed E-state index contributed by atoms with van der Waals surface area (Å²) >= 11 is 0.860. The normalized spacial score (nSPS) is 20.0. The van der Waals surface area contributed by atoms with Gasteiger partial charge in [-0.25, -0.2) is 9.78 Å². The van der Waals surface area contributed by atoms with E-state index >= 15 is 0 Å². The van der Waals surface area contributed by atoms with Gasteiger partial charge in [-0.3, -0.25) is 4.79 Å². The lowest BCUT2D eigenvalue weighted by Gasteiger charge is -2.39. The molecule has 0 aliphatic carbocycles. The van der Waals surface area contributed by atoms with Crippen molar-refractivity contribution in [2.45, 2.75) is 44.5 Å². The van der Waals surface area contributed by atoms with Gasteiger partial charge < -0.3 is 19.9 Å². The third-order valence-corrected chi connectivity index (χ3v) is 6.88. The van der Waals surface area contributed by atoms with Crippen LogP contribution in [0.1, 0.15) is 42.1 Å². The van der Waals surface area contributed by atoms with Gasteiger partial charge in [-0.2, -0.15) is 13.2 Å². The largest absolute Gasteiger partial charge is 0.446 e. The molecule has 0 saturated carbocycles. The van der Waals surface area contributed by atoms with Crippen molar-refractivity contribution in [3.63, 3.8) is 0 Å². The number of piperidine rings is 1. The van der Waals surface area contributed by atoms with Crippen molar-refractivity contribution in [2.24, 2.45) is 0 Å². The van der Waals surface area contributed by atoms with Crippen molar-refractivity contribution < 1.29 is 27.5 Å². The second-order valence-corrected chi connectivity index (χ2v) is 8.71. The first-order valence-electron chi connectivity index (χ1n) is 10.1. The summed E-state index contributed by atoms with van der Waals surface area (Å²) in [6.45, 7) is 3.47. The summed E-state index contributed by atoms with van der Waals surface area (Å²) in [6.07, 6.45) is -3.21. The van der Waals surface area contributed by atoms with Gasteiger partial charge >= 0.3 is 12.3 Å². The zero-order valence-corrected chi connectivity index (χ0v) is 18.0. The van der Waals surface area contributed by atoms with Crippen LogP contribution >= 0.6 is 11.3 Å². The van der Waals surface area contributed by atoms with E-state index in [-0.39, 0.29) is 39.8 Å². The number of rotatable bonds is 3. The number of halogens is 3. The van der Waals surface area contributed by atoms with Gasteiger partial charge in [-0.15, -0.1) is 11.3 Å². The third kappa shape index (κ3) is 4.15. The first-order valence-corrected chi connectivity index (χ1v) is 11.0. The first kappa shape index (κ1) is 21.7. The van der Waals surface area contributed by atoms with Crippen LogP contribution in [0.25, 0.3) is 10.2 Å². The topological polar surface area (TPSA) is 74.8 Å². The molecule has 4 rings (SSSR count). The molecule has 168 valence electrons. The third-order valence-electron chi connectivity index (χ3n) is 5.87. The highest BCUT2D eigenvalue weighted by Gasteiger charge is 2.37. The molecule has 0 spiro atoms. The van der Waals surface area contributed by atoms with Gasteiger partial charge in [0.2, 0.25) is 0 Å². The van der Waals surface area contributed by atoms with Crippen molar-refractivity contribution in [3.8, 4) is 0 Å². The van der Waals surface area contributed by atoms with Gasteiger partial charge in [0.25, 0.3) is 5.91 Å². The van der Waals surface area contributed by atoms with Crippen LogP contribution < -0.4 is 10.2 Å². The second-order valence-electron chi connectivity index (χ2n) is 7.83. The van der Waals surface area contributed by atoms with E-state index in [4.69, 9.17) is 4.74 Å². The summed E-state index contributed by atoms with van der Waals surface area (Å²) in [6, 6.07) is 1.23. The first-order chi connectivity index (χ1) is 14.7. The maximum atomic E-state index is 13.7. The van der Waals surface area contributed by atoms with Gasteiger partial charge in [0.05, 0.1) is 21.3 Å². The lowest BCUT2D eigenvalue weighted by Crippen LogP contribution is -2.51. The molecule has 2 amide bonds. The number of anilines is 1. The highest BCUT2D eigenvalue weighted by atomic mass is 32.1. The fourth-order valence-corrected chi connectivity index (χ4v) is 4.89. The molecule has 2 aliphatic heterocycles. The summed E-state index contributed by atoms with van der Waals surface area (Å²) in [5, 5.41) is 3.84. The van der Waals surface area contributed by atoms with Crippen molar-refractivity contribution in [2.75, 3.05) is 31.6 Å². The maximum absolute atomic E-state index is 13.7. The number of carbonyl (C=O) groups is 2. The molecule has 2 aromatic rings.